The maximum atomic E-state index is 14.7. The Morgan fingerprint density at radius 2 is 1.75 bits per heavy atom. The number of carbonyl (C=O) groups is 2. The molecule has 0 bridgehead atoms. The van der Waals surface area contributed by atoms with E-state index in [1.54, 1.807) is 48.5 Å². The van der Waals surface area contributed by atoms with E-state index >= 15 is 0 Å². The zero-order valence-corrected chi connectivity index (χ0v) is 18.2. The number of nitrogens with one attached hydrogen (secondary N) is 2. The van der Waals surface area contributed by atoms with Crippen molar-refractivity contribution in [2.45, 2.75) is 13.5 Å². The minimum atomic E-state index is -0.400. The number of rotatable bonds is 7. The first kappa shape index (κ1) is 21.5. The minimum absolute atomic E-state index is 0.0483. The Morgan fingerprint density at radius 3 is 2.53 bits per heavy atom. The summed E-state index contributed by atoms with van der Waals surface area (Å²) in [4.78, 5) is 25.6. The molecule has 1 aromatic heterocycles. The topological polar surface area (TPSA) is 67.4 Å². The molecule has 5 nitrogen and oxygen atoms in total. The van der Waals surface area contributed by atoms with Gasteiger partial charge >= 0.3 is 0 Å². The monoisotopic (exact) mass is 448 g/mol. The second-order valence-electron chi connectivity index (χ2n) is 7.02. The summed E-state index contributed by atoms with van der Waals surface area (Å²) in [6.45, 7) is 2.39. The molecular weight excluding hydrogens is 427 g/mol. The lowest BCUT2D eigenvalue weighted by Gasteiger charge is -2.10. The lowest BCUT2D eigenvalue weighted by atomic mass is 10.1. The Bertz CT molecular complexity index is 1270. The van der Waals surface area contributed by atoms with Gasteiger partial charge in [-0.15, -0.1) is 11.3 Å². The third-order valence-electron chi connectivity index (χ3n) is 4.82. The third-order valence-corrected chi connectivity index (χ3v) is 6.01. The first-order valence-electron chi connectivity index (χ1n) is 10.1. The molecule has 4 aromatic rings. The van der Waals surface area contributed by atoms with Gasteiger partial charge < -0.3 is 15.4 Å². The summed E-state index contributed by atoms with van der Waals surface area (Å²) in [7, 11) is 0. The highest BCUT2D eigenvalue weighted by Gasteiger charge is 2.22. The van der Waals surface area contributed by atoms with Crippen LogP contribution in [0, 0.1) is 5.82 Å². The van der Waals surface area contributed by atoms with Gasteiger partial charge in [-0.25, -0.2) is 4.39 Å². The maximum absolute atomic E-state index is 14.7. The van der Waals surface area contributed by atoms with Crippen LogP contribution >= 0.6 is 11.3 Å². The first-order chi connectivity index (χ1) is 15.6. The van der Waals surface area contributed by atoms with Gasteiger partial charge in [0.15, 0.2) is 0 Å². The zero-order valence-electron chi connectivity index (χ0n) is 17.4. The van der Waals surface area contributed by atoms with Crippen molar-refractivity contribution in [3.8, 4) is 5.75 Å². The number of hydrogen-bond donors (Lipinski definition) is 2. The van der Waals surface area contributed by atoms with Crippen LogP contribution in [0.15, 0.2) is 72.8 Å². The average Bonchev–Trinajstić information content (AvgIpc) is 3.19. The molecule has 0 atom stereocenters. The number of hydrogen-bond acceptors (Lipinski definition) is 4. The average molecular weight is 449 g/mol. The van der Waals surface area contributed by atoms with Gasteiger partial charge in [0.25, 0.3) is 11.8 Å². The third kappa shape index (κ3) is 4.63. The Labute approximate surface area is 188 Å². The molecule has 0 aliphatic carbocycles. The van der Waals surface area contributed by atoms with Gasteiger partial charge in [0.2, 0.25) is 0 Å². The highest BCUT2D eigenvalue weighted by atomic mass is 32.1. The lowest BCUT2D eigenvalue weighted by molar-refractivity contribution is 0.0954. The van der Waals surface area contributed by atoms with Crippen molar-refractivity contribution < 1.29 is 18.7 Å². The van der Waals surface area contributed by atoms with E-state index in [0.717, 1.165) is 0 Å². The molecule has 162 valence electrons. The highest BCUT2D eigenvalue weighted by molar-refractivity contribution is 7.21. The molecule has 0 aliphatic rings. The fourth-order valence-corrected chi connectivity index (χ4v) is 4.47. The number of halogens is 1. The molecule has 0 saturated heterocycles. The van der Waals surface area contributed by atoms with Crippen LogP contribution in [0.3, 0.4) is 0 Å². The van der Waals surface area contributed by atoms with E-state index in [4.69, 9.17) is 4.74 Å². The Kier molecular flexibility index (Phi) is 6.47. The molecule has 0 spiro atoms. The molecule has 0 radical (unpaired) electrons. The van der Waals surface area contributed by atoms with Gasteiger partial charge in [0.1, 0.15) is 23.1 Å². The van der Waals surface area contributed by atoms with Crippen LogP contribution in [0.25, 0.3) is 10.1 Å². The fraction of sp³-hybridized carbons (Fsp3) is 0.120. The fourth-order valence-electron chi connectivity index (χ4n) is 3.35. The van der Waals surface area contributed by atoms with Gasteiger partial charge in [0.05, 0.1) is 0 Å². The van der Waals surface area contributed by atoms with Gasteiger partial charge in [-0.2, -0.15) is 0 Å². The van der Waals surface area contributed by atoms with E-state index in [2.05, 4.69) is 10.6 Å². The summed E-state index contributed by atoms with van der Waals surface area (Å²) in [5.74, 6) is -0.373. The van der Waals surface area contributed by atoms with E-state index in [1.807, 2.05) is 25.1 Å². The van der Waals surface area contributed by atoms with E-state index in [-0.39, 0.29) is 18.4 Å². The van der Waals surface area contributed by atoms with E-state index in [0.29, 0.717) is 44.1 Å². The summed E-state index contributed by atoms with van der Waals surface area (Å²) < 4.78 is 21.2. The van der Waals surface area contributed by atoms with Crippen molar-refractivity contribution in [1.82, 2.24) is 5.32 Å². The lowest BCUT2D eigenvalue weighted by Crippen LogP contribution is -2.22. The van der Waals surface area contributed by atoms with Crippen LogP contribution in [0.2, 0.25) is 0 Å². The van der Waals surface area contributed by atoms with Crippen LogP contribution in [-0.2, 0) is 6.61 Å². The Morgan fingerprint density at radius 1 is 0.969 bits per heavy atom. The van der Waals surface area contributed by atoms with Crippen molar-refractivity contribution in [2.24, 2.45) is 0 Å². The second-order valence-corrected chi connectivity index (χ2v) is 8.07. The van der Waals surface area contributed by atoms with E-state index in [9.17, 15) is 14.0 Å². The number of fused-ring (bicyclic) bond motifs is 1. The summed E-state index contributed by atoms with van der Waals surface area (Å²) in [5.41, 5.74) is 1.41. The van der Waals surface area contributed by atoms with Crippen LogP contribution in [-0.4, -0.2) is 18.4 Å². The van der Waals surface area contributed by atoms with Gasteiger partial charge in [0, 0.05) is 33.4 Å². The highest BCUT2D eigenvalue weighted by Crippen LogP contribution is 2.34. The van der Waals surface area contributed by atoms with Crippen molar-refractivity contribution in [1.29, 1.82) is 0 Å². The summed E-state index contributed by atoms with van der Waals surface area (Å²) in [5, 5.41) is 5.94. The number of thiophene rings is 1. The Balaban J connectivity index is 1.64. The quantitative estimate of drug-likeness (QED) is 0.386. The molecule has 2 amide bonds. The summed E-state index contributed by atoms with van der Waals surface area (Å²) in [6.07, 6.45) is 0. The standard InChI is InChI=1S/C25H21FN2O3S/c1-2-27-24(29)16-8-6-9-17(14-16)28-25(30)23-19(15-31-18-10-4-3-5-11-18)22-20(26)12-7-13-21(22)32-23/h3-14H,2,15H2,1H3,(H,27,29)(H,28,30). The van der Waals surface area contributed by atoms with E-state index in [1.165, 1.54) is 17.4 Å². The normalized spacial score (nSPS) is 10.7. The molecule has 32 heavy (non-hydrogen) atoms. The first-order valence-corrected chi connectivity index (χ1v) is 11.0. The summed E-state index contributed by atoms with van der Waals surface area (Å²) >= 11 is 1.21. The number of anilines is 1. The number of amides is 2. The van der Waals surface area contributed by atoms with Crippen LogP contribution in [0.4, 0.5) is 10.1 Å². The summed E-state index contributed by atoms with van der Waals surface area (Å²) in [6, 6.07) is 20.6. The molecule has 2 N–H and O–H groups in total. The zero-order chi connectivity index (χ0) is 22.5. The molecule has 0 aliphatic heterocycles. The van der Waals surface area contributed by atoms with Gasteiger partial charge in [-0.05, 0) is 49.4 Å². The Hall–Kier alpha value is -3.71. The smallest absolute Gasteiger partial charge is 0.266 e. The predicted molar refractivity (Wildman–Crippen MR) is 125 cm³/mol. The molecule has 3 aromatic carbocycles. The second kappa shape index (κ2) is 9.62. The number of benzene rings is 3. The van der Waals surface area contributed by atoms with Crippen molar-refractivity contribution >= 4 is 38.9 Å². The van der Waals surface area contributed by atoms with Crippen molar-refractivity contribution in [2.75, 3.05) is 11.9 Å². The van der Waals surface area contributed by atoms with Crippen LogP contribution in [0.1, 0.15) is 32.5 Å². The van der Waals surface area contributed by atoms with Crippen molar-refractivity contribution in [3.05, 3.63) is 94.6 Å². The molecule has 0 unspecified atom stereocenters. The number of ether oxygens (including phenoxy) is 1. The van der Waals surface area contributed by atoms with Crippen LogP contribution < -0.4 is 15.4 Å². The molecule has 1 heterocycles. The largest absolute Gasteiger partial charge is 0.489 e. The predicted octanol–water partition coefficient (Wildman–Crippen LogP) is 5.62. The molecule has 0 fully saturated rings. The number of carbonyl (C=O) groups excluding carboxylic acids is 2. The van der Waals surface area contributed by atoms with Crippen LogP contribution in [0.5, 0.6) is 5.75 Å². The molecule has 7 heteroatoms. The minimum Gasteiger partial charge on any atom is -0.489 e. The molecule has 4 rings (SSSR count). The number of para-hydroxylation sites is 1. The van der Waals surface area contributed by atoms with Gasteiger partial charge in [-0.3, -0.25) is 9.59 Å². The van der Waals surface area contributed by atoms with E-state index < -0.39 is 5.82 Å². The maximum Gasteiger partial charge on any atom is 0.266 e. The molecule has 0 saturated carbocycles. The molecular formula is C25H21FN2O3S. The SMILES string of the molecule is CCNC(=O)c1cccc(NC(=O)c2sc3cccc(F)c3c2COc2ccccc2)c1. The van der Waals surface area contributed by atoms with Gasteiger partial charge in [-0.1, -0.05) is 30.3 Å². The van der Waals surface area contributed by atoms with Crippen molar-refractivity contribution in [3.63, 3.8) is 0 Å².